The summed E-state index contributed by atoms with van der Waals surface area (Å²) in [6.45, 7) is 2.95. The van der Waals surface area contributed by atoms with Crippen LogP contribution in [0, 0.1) is 0 Å². The van der Waals surface area contributed by atoms with Gasteiger partial charge in [-0.05, 0) is 18.6 Å². The van der Waals surface area contributed by atoms with Crippen molar-refractivity contribution in [2.75, 3.05) is 11.9 Å². The average molecular weight is 313 g/mol. The first-order valence-electron chi connectivity index (χ1n) is 7.79. The number of aromatic carboxylic acids is 1. The van der Waals surface area contributed by atoms with E-state index in [1.54, 1.807) is 0 Å². The first-order chi connectivity index (χ1) is 10.1. The number of aromatic nitrogens is 1. The van der Waals surface area contributed by atoms with Crippen LogP contribution in [-0.2, 0) is 0 Å². The fraction of sp³-hybridized carbons (Fsp3) is 0.625. The minimum Gasteiger partial charge on any atom is -0.478 e. The molecule has 0 radical (unpaired) electrons. The van der Waals surface area contributed by atoms with E-state index in [1.807, 2.05) is 0 Å². The van der Waals surface area contributed by atoms with E-state index in [4.69, 9.17) is 16.7 Å². The normalized spacial score (nSPS) is 10.6. The lowest BCUT2D eigenvalue weighted by Crippen LogP contribution is -2.09. The number of pyridine rings is 1. The maximum Gasteiger partial charge on any atom is 0.339 e. The molecule has 2 N–H and O–H groups in total. The number of rotatable bonds is 11. The van der Waals surface area contributed by atoms with Gasteiger partial charge >= 0.3 is 5.97 Å². The van der Waals surface area contributed by atoms with Crippen LogP contribution < -0.4 is 5.32 Å². The van der Waals surface area contributed by atoms with Crippen molar-refractivity contribution in [3.05, 3.63) is 22.8 Å². The molecule has 0 aliphatic carbocycles. The van der Waals surface area contributed by atoms with Gasteiger partial charge < -0.3 is 10.4 Å². The number of carboxylic acids is 1. The molecule has 0 aliphatic rings. The van der Waals surface area contributed by atoms with Crippen LogP contribution in [0.1, 0.15) is 68.6 Å². The van der Waals surface area contributed by atoms with Gasteiger partial charge in [0.2, 0.25) is 0 Å². The zero-order chi connectivity index (χ0) is 15.5. The Morgan fingerprint density at radius 2 is 1.76 bits per heavy atom. The molecule has 0 aromatic carbocycles. The second-order valence-electron chi connectivity index (χ2n) is 5.24. The number of hydrogen-bond acceptors (Lipinski definition) is 3. The predicted molar refractivity (Wildman–Crippen MR) is 87.3 cm³/mol. The molecule has 0 atom stereocenters. The third-order valence-electron chi connectivity index (χ3n) is 3.41. The van der Waals surface area contributed by atoms with E-state index in [0.29, 0.717) is 11.0 Å². The van der Waals surface area contributed by atoms with Gasteiger partial charge in [0.15, 0.2) is 0 Å². The molecule has 1 rings (SSSR count). The van der Waals surface area contributed by atoms with Gasteiger partial charge in [-0.3, -0.25) is 0 Å². The van der Waals surface area contributed by atoms with Crippen molar-refractivity contribution in [1.82, 2.24) is 4.98 Å². The maximum absolute atomic E-state index is 11.1. The van der Waals surface area contributed by atoms with Crippen molar-refractivity contribution < 1.29 is 9.90 Å². The minimum atomic E-state index is -0.988. The summed E-state index contributed by atoms with van der Waals surface area (Å²) >= 11 is 5.80. The number of unbranched alkanes of at least 4 members (excludes halogenated alkanes) is 7. The van der Waals surface area contributed by atoms with Crippen LogP contribution in [0.15, 0.2) is 12.1 Å². The first kappa shape index (κ1) is 17.8. The Balaban J connectivity index is 2.21. The molecule has 0 spiro atoms. The number of nitrogens with one attached hydrogen (secondary N) is 1. The van der Waals surface area contributed by atoms with E-state index in [1.165, 1.54) is 50.7 Å². The molecule has 118 valence electrons. The van der Waals surface area contributed by atoms with E-state index in [0.717, 1.165) is 19.4 Å². The van der Waals surface area contributed by atoms with Crippen LogP contribution in [0.5, 0.6) is 0 Å². The quantitative estimate of drug-likeness (QED) is 0.446. The number of carbonyl (C=O) groups is 1. The van der Waals surface area contributed by atoms with Crippen molar-refractivity contribution in [1.29, 1.82) is 0 Å². The molecule has 1 aromatic heterocycles. The van der Waals surface area contributed by atoms with Crippen molar-refractivity contribution >= 4 is 23.4 Å². The Bertz CT molecular complexity index is 438. The number of carboxylic acid groups (broad SMARTS) is 1. The van der Waals surface area contributed by atoms with Gasteiger partial charge in [0.1, 0.15) is 16.5 Å². The van der Waals surface area contributed by atoms with Crippen molar-refractivity contribution in [2.24, 2.45) is 0 Å². The van der Waals surface area contributed by atoms with Gasteiger partial charge in [-0.15, -0.1) is 0 Å². The first-order valence-corrected chi connectivity index (χ1v) is 8.16. The van der Waals surface area contributed by atoms with E-state index in [2.05, 4.69) is 17.2 Å². The predicted octanol–water partition coefficient (Wildman–Crippen LogP) is 4.99. The third-order valence-corrected chi connectivity index (χ3v) is 3.62. The fourth-order valence-electron chi connectivity index (χ4n) is 2.21. The van der Waals surface area contributed by atoms with Crippen LogP contribution >= 0.6 is 11.6 Å². The minimum absolute atomic E-state index is 0.166. The summed E-state index contributed by atoms with van der Waals surface area (Å²) in [6, 6.07) is 2.97. The number of halogens is 1. The highest BCUT2D eigenvalue weighted by molar-refractivity contribution is 6.29. The highest BCUT2D eigenvalue weighted by atomic mass is 35.5. The average Bonchev–Trinajstić information content (AvgIpc) is 2.45. The van der Waals surface area contributed by atoms with Gasteiger partial charge in [0, 0.05) is 6.54 Å². The topological polar surface area (TPSA) is 62.2 Å². The van der Waals surface area contributed by atoms with Gasteiger partial charge in [0.05, 0.1) is 0 Å². The molecule has 0 unspecified atom stereocenters. The lowest BCUT2D eigenvalue weighted by Gasteiger charge is -2.08. The van der Waals surface area contributed by atoms with Crippen LogP contribution in [0.25, 0.3) is 0 Å². The largest absolute Gasteiger partial charge is 0.478 e. The highest BCUT2D eigenvalue weighted by Crippen LogP contribution is 2.17. The molecule has 1 heterocycles. The lowest BCUT2D eigenvalue weighted by atomic mass is 10.1. The molecule has 0 saturated carbocycles. The molecule has 0 bridgehead atoms. The summed E-state index contributed by atoms with van der Waals surface area (Å²) in [4.78, 5) is 15.1. The summed E-state index contributed by atoms with van der Waals surface area (Å²) in [7, 11) is 0. The van der Waals surface area contributed by atoms with Gasteiger partial charge in [-0.25, -0.2) is 9.78 Å². The Morgan fingerprint density at radius 3 is 2.38 bits per heavy atom. The molecule has 21 heavy (non-hydrogen) atoms. The van der Waals surface area contributed by atoms with Crippen molar-refractivity contribution in [2.45, 2.75) is 58.3 Å². The van der Waals surface area contributed by atoms with E-state index < -0.39 is 5.97 Å². The monoisotopic (exact) mass is 312 g/mol. The van der Waals surface area contributed by atoms with E-state index >= 15 is 0 Å². The molecular weight excluding hydrogens is 288 g/mol. The number of hydrogen-bond donors (Lipinski definition) is 2. The fourth-order valence-corrected chi connectivity index (χ4v) is 2.36. The lowest BCUT2D eigenvalue weighted by molar-refractivity contribution is 0.0697. The molecule has 4 nitrogen and oxygen atoms in total. The van der Waals surface area contributed by atoms with Crippen LogP contribution in [-0.4, -0.2) is 22.6 Å². The van der Waals surface area contributed by atoms with Crippen LogP contribution in [0.3, 0.4) is 0 Å². The Kier molecular flexibility index (Phi) is 8.83. The maximum atomic E-state index is 11.1. The van der Waals surface area contributed by atoms with Gasteiger partial charge in [-0.2, -0.15) is 0 Å². The SMILES string of the molecule is CCCCCCCCCCNc1nc(Cl)ccc1C(=O)O. The Labute approximate surface area is 131 Å². The molecule has 0 saturated heterocycles. The Hall–Kier alpha value is -1.29. The van der Waals surface area contributed by atoms with E-state index in [-0.39, 0.29) is 5.56 Å². The molecule has 0 amide bonds. The molecule has 5 heteroatoms. The summed E-state index contributed by atoms with van der Waals surface area (Å²) in [5.74, 6) is -0.629. The van der Waals surface area contributed by atoms with Crippen molar-refractivity contribution in [3.8, 4) is 0 Å². The van der Waals surface area contributed by atoms with Crippen LogP contribution in [0.4, 0.5) is 5.82 Å². The summed E-state index contributed by atoms with van der Waals surface area (Å²) in [5.41, 5.74) is 0.166. The third kappa shape index (κ3) is 7.32. The smallest absolute Gasteiger partial charge is 0.339 e. The molecule has 0 fully saturated rings. The summed E-state index contributed by atoms with van der Waals surface area (Å²) in [5, 5.41) is 12.5. The second kappa shape index (κ2) is 10.4. The number of anilines is 1. The van der Waals surface area contributed by atoms with Crippen molar-refractivity contribution in [3.63, 3.8) is 0 Å². The summed E-state index contributed by atoms with van der Waals surface area (Å²) in [6.07, 6.45) is 9.96. The molecule has 0 aliphatic heterocycles. The summed E-state index contributed by atoms with van der Waals surface area (Å²) < 4.78 is 0. The molecule has 1 aromatic rings. The highest BCUT2D eigenvalue weighted by Gasteiger charge is 2.11. The second-order valence-corrected chi connectivity index (χ2v) is 5.62. The zero-order valence-electron chi connectivity index (χ0n) is 12.7. The molecular formula is C16H25ClN2O2. The standard InChI is InChI=1S/C16H25ClN2O2/c1-2-3-4-5-6-7-8-9-12-18-15-13(16(20)21)10-11-14(17)19-15/h10-11H,2-9,12H2,1H3,(H,18,19)(H,20,21). The zero-order valence-corrected chi connectivity index (χ0v) is 13.5. The van der Waals surface area contributed by atoms with E-state index in [9.17, 15) is 4.79 Å². The van der Waals surface area contributed by atoms with Gasteiger partial charge in [0.25, 0.3) is 0 Å². The van der Waals surface area contributed by atoms with Crippen LogP contribution in [0.2, 0.25) is 5.15 Å². The van der Waals surface area contributed by atoms with Gasteiger partial charge in [-0.1, -0.05) is 63.5 Å². The Morgan fingerprint density at radius 1 is 1.14 bits per heavy atom. The number of nitrogens with zero attached hydrogens (tertiary/aromatic N) is 1.